The van der Waals surface area contributed by atoms with Crippen molar-refractivity contribution in [3.8, 4) is 0 Å². The third-order valence-corrected chi connectivity index (χ3v) is 7.89. The van der Waals surface area contributed by atoms with Crippen LogP contribution < -0.4 is 0 Å². The van der Waals surface area contributed by atoms with Crippen molar-refractivity contribution >= 4 is 81.9 Å². The standard InChI is InChI=1S/C18H12N6O4S6/c25-23(26)15-8-1-3-10-17(15)31-21-33-19-29-13-6-5-7-14(12-13)30-20-34-22-32-18-11-4-2-9-16(18)24(27)28/h1-12H. The van der Waals surface area contributed by atoms with E-state index in [1.165, 1.54) is 36.0 Å². The molecule has 0 aliphatic rings. The van der Waals surface area contributed by atoms with E-state index in [-0.39, 0.29) is 11.4 Å². The van der Waals surface area contributed by atoms with E-state index < -0.39 is 9.85 Å². The molecule has 0 N–H and O–H groups in total. The van der Waals surface area contributed by atoms with E-state index in [0.29, 0.717) is 9.79 Å². The van der Waals surface area contributed by atoms with Crippen LogP contribution >= 0.6 is 47.8 Å². The van der Waals surface area contributed by atoms with Gasteiger partial charge in [-0.25, -0.2) is 0 Å². The second-order valence-corrected chi connectivity index (χ2v) is 11.0. The van der Waals surface area contributed by atoms with Gasteiger partial charge in [-0.15, -0.1) is 15.1 Å². The van der Waals surface area contributed by atoms with Gasteiger partial charge in [0.25, 0.3) is 11.4 Å². The molecule has 0 aromatic heterocycles. The number of para-hydroxylation sites is 2. The second kappa shape index (κ2) is 14.0. The number of nitro groups is 2. The Morgan fingerprint density at radius 1 is 0.559 bits per heavy atom. The first-order valence-electron chi connectivity index (χ1n) is 8.93. The molecule has 0 bridgehead atoms. The van der Waals surface area contributed by atoms with Crippen molar-refractivity contribution in [2.24, 2.45) is 15.1 Å². The van der Waals surface area contributed by atoms with Gasteiger partial charge in [0, 0.05) is 69.7 Å². The zero-order valence-corrected chi connectivity index (χ0v) is 21.6. The van der Waals surface area contributed by atoms with Crippen LogP contribution in [-0.2, 0) is 22.7 Å². The molecule has 0 spiro atoms. The van der Waals surface area contributed by atoms with E-state index in [9.17, 15) is 20.2 Å². The number of rotatable bonds is 10. The largest absolute Gasteiger partial charge is 0.284 e. The van der Waals surface area contributed by atoms with Crippen LogP contribution in [0.1, 0.15) is 0 Å². The molecule has 34 heavy (non-hydrogen) atoms. The Kier molecular flexibility index (Phi) is 10.8. The molecule has 3 rings (SSSR count). The summed E-state index contributed by atoms with van der Waals surface area (Å²) in [6.45, 7) is 0. The minimum absolute atomic E-state index is 0.00275. The van der Waals surface area contributed by atoms with Gasteiger partial charge in [0.15, 0.2) is 0 Å². The zero-order valence-electron chi connectivity index (χ0n) is 16.7. The maximum Gasteiger partial charge on any atom is 0.284 e. The molecule has 3 aromatic rings. The number of benzene rings is 3. The predicted molar refractivity (Wildman–Crippen MR) is 141 cm³/mol. The van der Waals surface area contributed by atoms with Gasteiger partial charge in [0.2, 0.25) is 0 Å². The highest BCUT2D eigenvalue weighted by atomic mass is 32.2. The molecule has 0 aliphatic heterocycles. The van der Waals surface area contributed by atoms with Crippen molar-refractivity contribution in [3.05, 3.63) is 93.0 Å². The molecule has 0 saturated heterocycles. The van der Waals surface area contributed by atoms with E-state index in [4.69, 9.17) is 0 Å². The molecule has 0 fully saturated rings. The highest BCUT2D eigenvalue weighted by Crippen LogP contribution is 2.31. The van der Waals surface area contributed by atoms with Crippen molar-refractivity contribution in [1.82, 2.24) is 0 Å². The summed E-state index contributed by atoms with van der Waals surface area (Å²) in [6.07, 6.45) is 0. The number of nitrogens with zero attached hydrogens (tertiary/aromatic N) is 6. The van der Waals surface area contributed by atoms with Gasteiger partial charge >= 0.3 is 0 Å². The molecule has 0 unspecified atom stereocenters. The summed E-state index contributed by atoms with van der Waals surface area (Å²) in [5.41, 5.74) is 0.00551. The highest BCUT2D eigenvalue weighted by molar-refractivity contribution is 8.04. The summed E-state index contributed by atoms with van der Waals surface area (Å²) in [5, 5.41) is 22.0. The highest BCUT2D eigenvalue weighted by Gasteiger charge is 2.13. The number of nitro benzene ring substituents is 2. The van der Waals surface area contributed by atoms with Gasteiger partial charge in [-0.3, -0.25) is 20.2 Å². The minimum Gasteiger partial charge on any atom is -0.258 e. The Hall–Kier alpha value is -2.50. The van der Waals surface area contributed by atoms with Crippen molar-refractivity contribution in [2.45, 2.75) is 19.6 Å². The fourth-order valence-electron chi connectivity index (χ4n) is 2.22. The first kappa shape index (κ1) is 26.1. The Bertz CT molecular complexity index is 1230. The monoisotopic (exact) mass is 568 g/mol. The molecule has 174 valence electrons. The normalized spacial score (nSPS) is 10.1. The molecule has 0 heterocycles. The Morgan fingerprint density at radius 3 is 1.41 bits per heavy atom. The third kappa shape index (κ3) is 8.37. The van der Waals surface area contributed by atoms with Gasteiger partial charge in [0.1, 0.15) is 9.79 Å². The summed E-state index contributed by atoms with van der Waals surface area (Å²) in [6, 6.07) is 20.3. The van der Waals surface area contributed by atoms with Crippen LogP contribution in [0.15, 0.2) is 107 Å². The van der Waals surface area contributed by atoms with Crippen LogP contribution in [0.25, 0.3) is 0 Å². The van der Waals surface area contributed by atoms with Crippen LogP contribution in [0.3, 0.4) is 0 Å². The molecule has 0 radical (unpaired) electrons. The maximum atomic E-state index is 11.0. The Labute approximate surface area is 218 Å². The van der Waals surface area contributed by atoms with Crippen LogP contribution in [0, 0.1) is 20.2 Å². The summed E-state index contributed by atoms with van der Waals surface area (Å²) >= 11 is 6.33. The lowest BCUT2D eigenvalue weighted by molar-refractivity contribution is -0.387. The summed E-state index contributed by atoms with van der Waals surface area (Å²) < 4.78 is 16.6. The molecule has 0 amide bonds. The van der Waals surface area contributed by atoms with Crippen molar-refractivity contribution < 1.29 is 9.85 Å². The first-order chi connectivity index (χ1) is 16.5. The second-order valence-electron chi connectivity index (χ2n) is 5.75. The molecule has 0 atom stereocenters. The van der Waals surface area contributed by atoms with Crippen LogP contribution in [0.2, 0.25) is 0 Å². The third-order valence-electron chi connectivity index (χ3n) is 3.62. The van der Waals surface area contributed by atoms with Gasteiger partial charge < -0.3 is 0 Å². The summed E-state index contributed by atoms with van der Waals surface area (Å²) in [5.74, 6) is 0. The van der Waals surface area contributed by atoms with E-state index in [0.717, 1.165) is 56.4 Å². The quantitative estimate of drug-likeness (QED) is 0.137. The number of hydrogen-bond acceptors (Lipinski definition) is 12. The first-order valence-corrected chi connectivity index (χ1v) is 13.5. The molecular weight excluding hydrogens is 557 g/mol. The molecule has 16 heteroatoms. The van der Waals surface area contributed by atoms with Crippen LogP contribution in [0.5, 0.6) is 0 Å². The zero-order chi connectivity index (χ0) is 24.2. The molecular formula is C18H12N6O4S6. The predicted octanol–water partition coefficient (Wildman–Crippen LogP) is 7.83. The molecule has 10 nitrogen and oxygen atoms in total. The molecule has 3 aromatic carbocycles. The van der Waals surface area contributed by atoms with Gasteiger partial charge in [0.05, 0.1) is 32.6 Å². The number of hydrogen-bond donors (Lipinski definition) is 0. The summed E-state index contributed by atoms with van der Waals surface area (Å²) in [7, 11) is 0. The maximum absolute atomic E-state index is 11.0. The van der Waals surface area contributed by atoms with Crippen molar-refractivity contribution in [1.29, 1.82) is 0 Å². The fourth-order valence-corrected chi connectivity index (χ4v) is 6.25. The lowest BCUT2D eigenvalue weighted by Crippen LogP contribution is -1.88. The lowest BCUT2D eigenvalue weighted by Gasteiger charge is -1.97. The lowest BCUT2D eigenvalue weighted by atomic mass is 10.3. The topological polar surface area (TPSA) is 136 Å². The van der Waals surface area contributed by atoms with Gasteiger partial charge in [-0.1, -0.05) is 30.3 Å². The Balaban J connectivity index is 1.54. The summed E-state index contributed by atoms with van der Waals surface area (Å²) in [4.78, 5) is 23.8. The minimum atomic E-state index is -0.446. The van der Waals surface area contributed by atoms with Crippen LogP contribution in [-0.4, -0.2) is 9.85 Å². The molecule has 0 aliphatic carbocycles. The van der Waals surface area contributed by atoms with Gasteiger partial charge in [-0.05, 0) is 30.3 Å². The van der Waals surface area contributed by atoms with Gasteiger partial charge in [-0.2, -0.15) is 0 Å². The fraction of sp³-hybridized carbons (Fsp3) is 0. The average Bonchev–Trinajstić information content (AvgIpc) is 2.84. The SMILES string of the molecule is O=[N+]([O-])c1ccccc1SN=S=NSc1cccc(SN=S=NSc2ccccc2[N+](=O)[O-])c1. The van der Waals surface area contributed by atoms with E-state index in [2.05, 4.69) is 15.1 Å². The smallest absolute Gasteiger partial charge is 0.258 e. The van der Waals surface area contributed by atoms with E-state index >= 15 is 0 Å². The average molecular weight is 569 g/mol. The van der Waals surface area contributed by atoms with Crippen molar-refractivity contribution in [3.63, 3.8) is 0 Å². The van der Waals surface area contributed by atoms with Crippen molar-refractivity contribution in [2.75, 3.05) is 0 Å². The van der Waals surface area contributed by atoms with Crippen LogP contribution in [0.4, 0.5) is 11.4 Å². The van der Waals surface area contributed by atoms with E-state index in [1.807, 2.05) is 24.3 Å². The molecule has 0 saturated carbocycles. The Morgan fingerprint density at radius 2 is 0.971 bits per heavy atom. The van der Waals surface area contributed by atoms with E-state index in [1.54, 1.807) is 36.4 Å².